The first-order valence-corrected chi connectivity index (χ1v) is 9.27. The largest absolute Gasteiger partial charge is 0.493 e. The molecule has 0 unspecified atom stereocenters. The molecule has 2 aromatic rings. The van der Waals surface area contributed by atoms with Gasteiger partial charge in [0.25, 0.3) is 5.79 Å². The van der Waals surface area contributed by atoms with Gasteiger partial charge in [0.1, 0.15) is 5.75 Å². The summed E-state index contributed by atoms with van der Waals surface area (Å²) in [4.78, 5) is 29.2. The maximum Gasteiger partial charge on any atom is 0.350 e. The monoisotopic (exact) mass is 388 g/mol. The predicted molar refractivity (Wildman–Crippen MR) is 100 cm³/mol. The number of anilines is 1. The Bertz CT molecular complexity index is 848. The molecule has 27 heavy (non-hydrogen) atoms. The lowest BCUT2D eigenvalue weighted by Gasteiger charge is -2.29. The highest BCUT2D eigenvalue weighted by molar-refractivity contribution is 7.09. The Kier molecular flexibility index (Phi) is 5.46. The number of esters is 2. The van der Waals surface area contributed by atoms with Gasteiger partial charge in [-0.1, -0.05) is 0 Å². The molecule has 1 aromatic carbocycles. The molecule has 1 aromatic heterocycles. The number of carbonyl (C=O) groups is 2. The van der Waals surface area contributed by atoms with E-state index in [0.29, 0.717) is 12.3 Å². The topological polar surface area (TPSA) is 86.8 Å². The lowest BCUT2D eigenvalue weighted by atomic mass is 10.2. The Hall–Kier alpha value is -2.87. The van der Waals surface area contributed by atoms with E-state index in [0.717, 1.165) is 17.9 Å². The van der Waals surface area contributed by atoms with E-state index in [-0.39, 0.29) is 5.57 Å². The normalized spacial score (nSPS) is 15.7. The molecule has 8 heteroatoms. The van der Waals surface area contributed by atoms with Crippen molar-refractivity contribution in [1.82, 2.24) is 4.98 Å². The number of aryl methyl sites for hydroxylation is 1. The zero-order valence-corrected chi connectivity index (χ0v) is 16.1. The fraction of sp³-hybridized carbons (Fsp3) is 0.316. The van der Waals surface area contributed by atoms with Crippen LogP contribution in [0.15, 0.2) is 41.5 Å². The van der Waals surface area contributed by atoms with Crippen molar-refractivity contribution in [2.45, 2.75) is 33.0 Å². The molecule has 1 aliphatic rings. The summed E-state index contributed by atoms with van der Waals surface area (Å²) in [6.45, 7) is 5.55. The van der Waals surface area contributed by atoms with Gasteiger partial charge >= 0.3 is 11.9 Å². The van der Waals surface area contributed by atoms with E-state index in [2.05, 4.69) is 10.3 Å². The molecule has 0 amide bonds. The Morgan fingerprint density at radius 2 is 1.85 bits per heavy atom. The van der Waals surface area contributed by atoms with E-state index in [1.165, 1.54) is 24.9 Å². The van der Waals surface area contributed by atoms with Crippen LogP contribution in [0.2, 0.25) is 0 Å². The molecular formula is C19H20N2O5S. The number of hydrogen-bond donors (Lipinski definition) is 1. The van der Waals surface area contributed by atoms with Gasteiger partial charge in [0.2, 0.25) is 0 Å². The average molecular weight is 388 g/mol. The predicted octanol–water partition coefficient (Wildman–Crippen LogP) is 3.20. The van der Waals surface area contributed by atoms with Crippen LogP contribution in [0, 0.1) is 6.92 Å². The number of cyclic esters (lactones) is 2. The molecular weight excluding hydrogens is 368 g/mol. The van der Waals surface area contributed by atoms with Gasteiger partial charge in [-0.2, -0.15) is 0 Å². The molecule has 1 aliphatic heterocycles. The van der Waals surface area contributed by atoms with Crippen molar-refractivity contribution in [3.8, 4) is 5.75 Å². The van der Waals surface area contributed by atoms with Crippen LogP contribution in [0.5, 0.6) is 5.75 Å². The highest BCUT2D eigenvalue weighted by atomic mass is 32.1. The number of benzene rings is 1. The lowest BCUT2D eigenvalue weighted by Crippen LogP contribution is -2.42. The minimum Gasteiger partial charge on any atom is -0.493 e. The Labute approximate surface area is 161 Å². The van der Waals surface area contributed by atoms with Crippen molar-refractivity contribution in [3.63, 3.8) is 0 Å². The van der Waals surface area contributed by atoms with Gasteiger partial charge in [-0.05, 0) is 31.2 Å². The van der Waals surface area contributed by atoms with Gasteiger partial charge < -0.3 is 19.5 Å². The molecule has 0 spiro atoms. The third-order valence-electron chi connectivity index (χ3n) is 3.80. The van der Waals surface area contributed by atoms with Crippen LogP contribution in [-0.4, -0.2) is 29.3 Å². The third kappa shape index (κ3) is 4.85. The number of nitrogens with zero attached hydrogens (tertiary/aromatic N) is 1. The summed E-state index contributed by atoms with van der Waals surface area (Å²) >= 11 is 1.62. The van der Waals surface area contributed by atoms with Crippen LogP contribution in [-0.2, 0) is 25.5 Å². The number of carbonyl (C=O) groups excluding carboxylic acids is 2. The number of ether oxygens (including phenoxy) is 3. The number of rotatable bonds is 6. The Balaban J connectivity index is 1.54. The standard InChI is InChI=1S/C19H20N2O5S/c1-12-16(27-11-21-12)8-9-24-14-6-4-13(5-7-14)20-10-15-17(22)25-19(2,3)26-18(15)23/h4-7,10-11,20H,8-9H2,1-3H3. The zero-order chi connectivity index (χ0) is 19.4. The lowest BCUT2D eigenvalue weighted by molar-refractivity contribution is -0.222. The van der Waals surface area contributed by atoms with E-state index in [4.69, 9.17) is 14.2 Å². The molecule has 1 saturated heterocycles. The van der Waals surface area contributed by atoms with Crippen molar-refractivity contribution in [1.29, 1.82) is 0 Å². The van der Waals surface area contributed by atoms with Gasteiger partial charge in [-0.3, -0.25) is 0 Å². The summed E-state index contributed by atoms with van der Waals surface area (Å²) in [5.41, 5.74) is 3.38. The van der Waals surface area contributed by atoms with E-state index in [1.807, 2.05) is 12.4 Å². The fourth-order valence-corrected chi connectivity index (χ4v) is 3.17. The van der Waals surface area contributed by atoms with Crippen LogP contribution >= 0.6 is 11.3 Å². The second-order valence-electron chi connectivity index (χ2n) is 6.37. The third-order valence-corrected chi connectivity index (χ3v) is 4.79. The first kappa shape index (κ1) is 18.9. The van der Waals surface area contributed by atoms with Gasteiger partial charge in [-0.15, -0.1) is 11.3 Å². The Morgan fingerprint density at radius 1 is 1.19 bits per heavy atom. The molecule has 0 radical (unpaired) electrons. The summed E-state index contributed by atoms with van der Waals surface area (Å²) in [7, 11) is 0. The summed E-state index contributed by atoms with van der Waals surface area (Å²) in [5, 5.41) is 2.89. The molecule has 1 N–H and O–H groups in total. The van der Waals surface area contributed by atoms with Crippen LogP contribution in [0.4, 0.5) is 5.69 Å². The first-order chi connectivity index (χ1) is 12.8. The van der Waals surface area contributed by atoms with E-state index >= 15 is 0 Å². The molecule has 142 valence electrons. The van der Waals surface area contributed by atoms with Crippen molar-refractivity contribution < 1.29 is 23.8 Å². The second-order valence-corrected chi connectivity index (χ2v) is 7.30. The van der Waals surface area contributed by atoms with Crippen LogP contribution in [0.25, 0.3) is 0 Å². The van der Waals surface area contributed by atoms with E-state index < -0.39 is 17.7 Å². The van der Waals surface area contributed by atoms with Crippen LogP contribution < -0.4 is 10.1 Å². The molecule has 0 aliphatic carbocycles. The van der Waals surface area contributed by atoms with Gasteiger partial charge in [-0.25, -0.2) is 14.6 Å². The maximum absolute atomic E-state index is 11.9. The van der Waals surface area contributed by atoms with Crippen molar-refractivity contribution >= 4 is 29.0 Å². The van der Waals surface area contributed by atoms with Gasteiger partial charge in [0.05, 0.1) is 17.8 Å². The number of hydrogen-bond acceptors (Lipinski definition) is 8. The minimum atomic E-state index is -1.25. The minimum absolute atomic E-state index is 0.186. The summed E-state index contributed by atoms with van der Waals surface area (Å²) < 4.78 is 15.8. The highest BCUT2D eigenvalue weighted by Crippen LogP contribution is 2.23. The molecule has 0 saturated carbocycles. The number of nitrogens with one attached hydrogen (secondary N) is 1. The van der Waals surface area contributed by atoms with Crippen molar-refractivity contribution in [2.24, 2.45) is 0 Å². The van der Waals surface area contributed by atoms with Gasteiger partial charge in [0.15, 0.2) is 5.57 Å². The average Bonchev–Trinajstić information content (AvgIpc) is 2.99. The van der Waals surface area contributed by atoms with Crippen molar-refractivity contribution in [3.05, 3.63) is 52.1 Å². The molecule has 2 heterocycles. The maximum atomic E-state index is 11.9. The summed E-state index contributed by atoms with van der Waals surface area (Å²) in [6.07, 6.45) is 2.09. The Morgan fingerprint density at radius 3 is 2.44 bits per heavy atom. The van der Waals surface area contributed by atoms with Crippen LogP contribution in [0.3, 0.4) is 0 Å². The fourth-order valence-electron chi connectivity index (χ4n) is 2.41. The summed E-state index contributed by atoms with van der Waals surface area (Å²) in [6, 6.07) is 7.18. The van der Waals surface area contributed by atoms with Gasteiger partial charge in [0, 0.05) is 37.0 Å². The molecule has 1 fully saturated rings. The van der Waals surface area contributed by atoms with E-state index in [1.54, 1.807) is 35.6 Å². The second kappa shape index (κ2) is 7.79. The van der Waals surface area contributed by atoms with Crippen molar-refractivity contribution in [2.75, 3.05) is 11.9 Å². The van der Waals surface area contributed by atoms with E-state index in [9.17, 15) is 9.59 Å². The molecule has 0 atom stereocenters. The smallest absolute Gasteiger partial charge is 0.350 e. The first-order valence-electron chi connectivity index (χ1n) is 8.39. The molecule has 7 nitrogen and oxygen atoms in total. The number of aromatic nitrogens is 1. The highest BCUT2D eigenvalue weighted by Gasteiger charge is 2.38. The number of thiazole rings is 1. The molecule has 3 rings (SSSR count). The van der Waals surface area contributed by atoms with Crippen LogP contribution in [0.1, 0.15) is 24.4 Å². The summed E-state index contributed by atoms with van der Waals surface area (Å²) in [5.74, 6) is -1.96. The molecule has 0 bridgehead atoms. The quantitative estimate of drug-likeness (QED) is 0.462. The zero-order valence-electron chi connectivity index (χ0n) is 15.3. The SMILES string of the molecule is Cc1ncsc1CCOc1ccc(NC=C2C(=O)OC(C)(C)OC2=O)cc1.